The van der Waals surface area contributed by atoms with Gasteiger partial charge in [-0.25, -0.2) is 0 Å². The molecule has 3 N–H and O–H groups in total. The Hall–Kier alpha value is -4.44. The summed E-state index contributed by atoms with van der Waals surface area (Å²) in [4.78, 5) is 9.06. The van der Waals surface area contributed by atoms with Crippen molar-refractivity contribution in [2.45, 2.75) is 12.8 Å². The summed E-state index contributed by atoms with van der Waals surface area (Å²) < 4.78 is 0. The van der Waals surface area contributed by atoms with Crippen LogP contribution in [0.2, 0.25) is 0 Å². The molecule has 3 aromatic carbocycles. The van der Waals surface area contributed by atoms with E-state index in [0.717, 1.165) is 41.3 Å². The van der Waals surface area contributed by atoms with Gasteiger partial charge >= 0.3 is 0 Å². The Morgan fingerprint density at radius 1 is 0.588 bits per heavy atom. The molecular weight excluding hydrogens is 416 g/mol. The van der Waals surface area contributed by atoms with Crippen LogP contribution in [0.1, 0.15) is 22.3 Å². The maximum Gasteiger partial charge on any atom is 0.112 e. The highest BCUT2D eigenvalue weighted by Crippen LogP contribution is 2.46. The van der Waals surface area contributed by atoms with E-state index in [9.17, 15) is 0 Å². The molecule has 0 fully saturated rings. The number of nitrogens with two attached hydrogens (primary N) is 1. The van der Waals surface area contributed by atoms with Crippen molar-refractivity contribution in [3.8, 4) is 33.6 Å². The van der Waals surface area contributed by atoms with Gasteiger partial charge in [0.25, 0.3) is 0 Å². The summed E-state index contributed by atoms with van der Waals surface area (Å²) in [6, 6.07) is 27.6. The minimum atomic E-state index is 0.736. The van der Waals surface area contributed by atoms with Crippen molar-refractivity contribution in [3.05, 3.63) is 114 Å². The van der Waals surface area contributed by atoms with E-state index < -0.39 is 0 Å². The molecule has 0 saturated carbocycles. The summed E-state index contributed by atoms with van der Waals surface area (Å²) in [6.07, 6.45) is 5.51. The summed E-state index contributed by atoms with van der Waals surface area (Å²) in [5, 5.41) is 3.54. The molecule has 4 heteroatoms. The second-order valence-corrected chi connectivity index (χ2v) is 9.01. The van der Waals surface area contributed by atoms with Crippen LogP contribution in [0, 0.1) is 0 Å². The van der Waals surface area contributed by atoms with Crippen LogP contribution in [0.3, 0.4) is 0 Å². The number of nitrogen functional groups attached to an aromatic ring is 1. The van der Waals surface area contributed by atoms with Crippen LogP contribution in [-0.4, -0.2) is 9.97 Å². The Morgan fingerprint density at radius 2 is 1.32 bits per heavy atom. The molecule has 34 heavy (non-hydrogen) atoms. The average molecular weight is 439 g/mol. The van der Waals surface area contributed by atoms with Gasteiger partial charge in [0, 0.05) is 12.4 Å². The van der Waals surface area contributed by atoms with Crippen molar-refractivity contribution < 1.29 is 0 Å². The molecule has 7 rings (SSSR count). The van der Waals surface area contributed by atoms with E-state index >= 15 is 0 Å². The number of rotatable bonds is 3. The predicted octanol–water partition coefficient (Wildman–Crippen LogP) is 6.61. The second kappa shape index (κ2) is 7.29. The number of fused-ring (bicyclic) bond motifs is 6. The van der Waals surface area contributed by atoms with Crippen molar-refractivity contribution in [3.63, 3.8) is 0 Å². The molecule has 0 radical (unpaired) electrons. The highest BCUT2D eigenvalue weighted by molar-refractivity contribution is 5.91. The zero-order valence-electron chi connectivity index (χ0n) is 18.5. The van der Waals surface area contributed by atoms with Crippen LogP contribution >= 0.6 is 0 Å². The van der Waals surface area contributed by atoms with Crippen molar-refractivity contribution in [1.29, 1.82) is 0 Å². The monoisotopic (exact) mass is 438 g/mol. The van der Waals surface area contributed by atoms with Gasteiger partial charge in [0.2, 0.25) is 0 Å². The van der Waals surface area contributed by atoms with E-state index in [1.165, 1.54) is 44.5 Å². The van der Waals surface area contributed by atoms with Gasteiger partial charge in [-0.15, -0.1) is 0 Å². The van der Waals surface area contributed by atoms with E-state index in [4.69, 9.17) is 5.73 Å². The molecule has 5 aromatic rings. The van der Waals surface area contributed by atoms with E-state index in [1.54, 1.807) is 12.4 Å². The Labute approximate surface area is 198 Å². The Kier molecular flexibility index (Phi) is 4.09. The molecule has 2 heterocycles. The SMILES string of the molecule is Nc1cc2c(cc1Nc1cccnc1-c1ccccn1)-c1cc3c(cc1C2)Cc1ccccc1-3. The first-order chi connectivity index (χ1) is 16.7. The molecule has 0 spiro atoms. The molecule has 0 amide bonds. The fourth-order valence-electron chi connectivity index (χ4n) is 5.36. The third-order valence-electron chi connectivity index (χ3n) is 6.95. The lowest BCUT2D eigenvalue weighted by atomic mass is 9.97. The third-order valence-corrected chi connectivity index (χ3v) is 6.95. The molecular formula is C30H22N4. The summed E-state index contributed by atoms with van der Waals surface area (Å²) in [7, 11) is 0. The number of hydrogen-bond acceptors (Lipinski definition) is 4. The molecule has 4 nitrogen and oxygen atoms in total. The topological polar surface area (TPSA) is 63.8 Å². The summed E-state index contributed by atoms with van der Waals surface area (Å²) in [5.41, 5.74) is 21.4. The van der Waals surface area contributed by atoms with Gasteiger partial charge in [0.15, 0.2) is 0 Å². The average Bonchev–Trinajstić information content (AvgIpc) is 3.40. The number of aromatic nitrogens is 2. The lowest BCUT2D eigenvalue weighted by Crippen LogP contribution is -2.00. The molecule has 2 aliphatic carbocycles. The minimum Gasteiger partial charge on any atom is -0.397 e. The quantitative estimate of drug-likeness (QED) is 0.305. The van der Waals surface area contributed by atoms with E-state index in [1.807, 2.05) is 30.3 Å². The lowest BCUT2D eigenvalue weighted by molar-refractivity contribution is 1.21. The number of anilines is 3. The summed E-state index contributed by atoms with van der Waals surface area (Å²) in [6.45, 7) is 0. The summed E-state index contributed by atoms with van der Waals surface area (Å²) >= 11 is 0. The van der Waals surface area contributed by atoms with Crippen LogP contribution in [0.25, 0.3) is 33.6 Å². The Morgan fingerprint density at radius 3 is 2.21 bits per heavy atom. The van der Waals surface area contributed by atoms with Gasteiger partial charge in [-0.2, -0.15) is 0 Å². The van der Waals surface area contributed by atoms with Crippen molar-refractivity contribution in [1.82, 2.24) is 9.97 Å². The van der Waals surface area contributed by atoms with Crippen molar-refractivity contribution in [2.24, 2.45) is 0 Å². The van der Waals surface area contributed by atoms with Gasteiger partial charge in [-0.1, -0.05) is 36.4 Å². The number of nitrogens with one attached hydrogen (secondary N) is 1. The molecule has 162 valence electrons. The first-order valence-electron chi connectivity index (χ1n) is 11.5. The smallest absolute Gasteiger partial charge is 0.112 e. The first-order valence-corrected chi connectivity index (χ1v) is 11.5. The van der Waals surface area contributed by atoms with E-state index in [-0.39, 0.29) is 0 Å². The fraction of sp³-hybridized carbons (Fsp3) is 0.0667. The highest BCUT2D eigenvalue weighted by Gasteiger charge is 2.26. The number of nitrogens with zero attached hydrogens (tertiary/aromatic N) is 2. The molecule has 0 aliphatic heterocycles. The van der Waals surface area contributed by atoms with Gasteiger partial charge < -0.3 is 11.1 Å². The van der Waals surface area contributed by atoms with E-state index in [0.29, 0.717) is 0 Å². The largest absolute Gasteiger partial charge is 0.397 e. The normalized spacial score (nSPS) is 12.6. The third kappa shape index (κ3) is 2.92. The predicted molar refractivity (Wildman–Crippen MR) is 138 cm³/mol. The zero-order valence-corrected chi connectivity index (χ0v) is 18.5. The molecule has 0 atom stereocenters. The van der Waals surface area contributed by atoms with Gasteiger partial charge in [-0.3, -0.25) is 9.97 Å². The number of pyridine rings is 2. The highest BCUT2D eigenvalue weighted by atomic mass is 14.9. The van der Waals surface area contributed by atoms with Crippen LogP contribution in [0.4, 0.5) is 17.1 Å². The van der Waals surface area contributed by atoms with Crippen molar-refractivity contribution >= 4 is 17.1 Å². The van der Waals surface area contributed by atoms with Crippen molar-refractivity contribution in [2.75, 3.05) is 11.1 Å². The van der Waals surface area contributed by atoms with Gasteiger partial charge in [0.05, 0.1) is 22.8 Å². The lowest BCUT2D eigenvalue weighted by Gasteiger charge is -2.15. The minimum absolute atomic E-state index is 0.736. The van der Waals surface area contributed by atoms with Crippen LogP contribution in [0.15, 0.2) is 91.3 Å². The zero-order chi connectivity index (χ0) is 22.6. The van der Waals surface area contributed by atoms with Crippen LogP contribution in [0.5, 0.6) is 0 Å². The molecule has 0 saturated heterocycles. The van der Waals surface area contributed by atoms with E-state index in [2.05, 4.69) is 63.8 Å². The van der Waals surface area contributed by atoms with Crippen LogP contribution < -0.4 is 11.1 Å². The molecule has 0 bridgehead atoms. The maximum atomic E-state index is 6.53. The standard InChI is InChI=1S/C30H22N4/c31-26-15-21-14-20-13-19-12-18-6-1-2-7-22(18)23(19)16-24(20)25(21)17-29(26)34-28-9-5-11-33-30(28)27-8-3-4-10-32-27/h1-11,13,15-17,34H,12,14,31H2. The molecule has 2 aromatic heterocycles. The number of hydrogen-bond donors (Lipinski definition) is 2. The first kappa shape index (κ1) is 19.1. The van der Waals surface area contributed by atoms with Gasteiger partial charge in [-0.05, 0) is 99.8 Å². The molecule has 2 aliphatic rings. The summed E-state index contributed by atoms with van der Waals surface area (Å²) in [5.74, 6) is 0. The Balaban J connectivity index is 1.31. The van der Waals surface area contributed by atoms with Gasteiger partial charge in [0.1, 0.15) is 5.69 Å². The maximum absolute atomic E-state index is 6.53. The second-order valence-electron chi connectivity index (χ2n) is 9.01. The number of benzene rings is 3. The molecule has 0 unspecified atom stereocenters. The Bertz CT molecular complexity index is 1590. The fourth-order valence-corrected chi connectivity index (χ4v) is 5.36. The van der Waals surface area contributed by atoms with Crippen LogP contribution in [-0.2, 0) is 12.8 Å².